The van der Waals surface area contributed by atoms with Crippen molar-refractivity contribution < 1.29 is 4.74 Å². The summed E-state index contributed by atoms with van der Waals surface area (Å²) in [4.78, 5) is 0. The smallest absolute Gasteiger partial charge is 0.0636 e. The highest BCUT2D eigenvalue weighted by Crippen LogP contribution is 2.36. The molecule has 1 saturated carbocycles. The highest BCUT2D eigenvalue weighted by Gasteiger charge is 2.27. The molecule has 0 aromatic rings. The number of allylic oxidation sites excluding steroid dienone is 1. The van der Waals surface area contributed by atoms with E-state index in [1.54, 1.807) is 5.57 Å². The van der Waals surface area contributed by atoms with Crippen molar-refractivity contribution in [3.8, 4) is 0 Å². The van der Waals surface area contributed by atoms with E-state index in [0.29, 0.717) is 6.10 Å². The second-order valence-corrected chi connectivity index (χ2v) is 4.69. The summed E-state index contributed by atoms with van der Waals surface area (Å²) in [5.41, 5.74) is 1.71. The van der Waals surface area contributed by atoms with Crippen molar-refractivity contribution in [3.63, 3.8) is 0 Å². The molecule has 1 nitrogen and oxygen atoms in total. The van der Waals surface area contributed by atoms with Crippen molar-refractivity contribution in [1.29, 1.82) is 0 Å². The molecule has 80 valence electrons. The Morgan fingerprint density at radius 3 is 2.71 bits per heavy atom. The van der Waals surface area contributed by atoms with Crippen LogP contribution in [-0.2, 0) is 4.74 Å². The van der Waals surface area contributed by atoms with Gasteiger partial charge in [0.2, 0.25) is 0 Å². The Morgan fingerprint density at radius 1 is 1.14 bits per heavy atom. The van der Waals surface area contributed by atoms with Crippen LogP contribution in [0.3, 0.4) is 0 Å². The Kier molecular flexibility index (Phi) is 3.63. The molecule has 0 saturated heterocycles. The molecular formula is C13H22O. The summed E-state index contributed by atoms with van der Waals surface area (Å²) in [6.45, 7) is 0. The fourth-order valence-electron chi connectivity index (χ4n) is 3.00. The van der Waals surface area contributed by atoms with Gasteiger partial charge in [-0.05, 0) is 38.5 Å². The molecule has 0 N–H and O–H groups in total. The maximum absolute atomic E-state index is 5.62. The monoisotopic (exact) mass is 194 g/mol. The lowest BCUT2D eigenvalue weighted by atomic mass is 9.78. The van der Waals surface area contributed by atoms with E-state index in [0.717, 1.165) is 5.92 Å². The summed E-state index contributed by atoms with van der Waals surface area (Å²) >= 11 is 0. The Morgan fingerprint density at radius 2 is 2.00 bits per heavy atom. The Labute approximate surface area is 87.5 Å². The van der Waals surface area contributed by atoms with Gasteiger partial charge in [-0.3, -0.25) is 0 Å². The maximum Gasteiger partial charge on any atom is 0.0636 e. The number of ether oxygens (including phenoxy) is 1. The van der Waals surface area contributed by atoms with Crippen LogP contribution < -0.4 is 0 Å². The van der Waals surface area contributed by atoms with E-state index < -0.39 is 0 Å². The Hall–Kier alpha value is -0.300. The zero-order valence-electron chi connectivity index (χ0n) is 9.30. The van der Waals surface area contributed by atoms with Crippen molar-refractivity contribution in [3.05, 3.63) is 11.6 Å². The Balaban J connectivity index is 2.02. The Bertz CT molecular complexity index is 207. The van der Waals surface area contributed by atoms with Gasteiger partial charge >= 0.3 is 0 Å². The molecule has 0 aliphatic heterocycles. The highest BCUT2D eigenvalue weighted by molar-refractivity contribution is 5.12. The minimum Gasteiger partial charge on any atom is -0.381 e. The van der Waals surface area contributed by atoms with Crippen LogP contribution in [0.25, 0.3) is 0 Å². The van der Waals surface area contributed by atoms with E-state index in [1.165, 1.54) is 51.4 Å². The topological polar surface area (TPSA) is 9.23 Å². The number of rotatable bonds is 2. The van der Waals surface area contributed by atoms with Gasteiger partial charge in [-0.2, -0.15) is 0 Å². The average molecular weight is 194 g/mol. The molecule has 0 heterocycles. The van der Waals surface area contributed by atoms with Crippen molar-refractivity contribution >= 4 is 0 Å². The fourth-order valence-corrected chi connectivity index (χ4v) is 3.00. The molecule has 14 heavy (non-hydrogen) atoms. The molecule has 2 unspecified atom stereocenters. The summed E-state index contributed by atoms with van der Waals surface area (Å²) in [7, 11) is 1.88. The summed E-state index contributed by atoms with van der Waals surface area (Å²) in [6, 6.07) is 0. The lowest BCUT2D eigenvalue weighted by Crippen LogP contribution is -2.28. The van der Waals surface area contributed by atoms with Gasteiger partial charge in [0, 0.05) is 13.0 Å². The van der Waals surface area contributed by atoms with E-state index in [9.17, 15) is 0 Å². The minimum atomic E-state index is 0.521. The van der Waals surface area contributed by atoms with E-state index in [1.807, 2.05) is 7.11 Å². The lowest BCUT2D eigenvalue weighted by molar-refractivity contribution is 0.0357. The summed E-state index contributed by atoms with van der Waals surface area (Å²) in [6.07, 6.45) is 13.9. The van der Waals surface area contributed by atoms with Crippen LogP contribution in [0.2, 0.25) is 0 Å². The van der Waals surface area contributed by atoms with Crippen LogP contribution >= 0.6 is 0 Å². The first-order valence-electron chi connectivity index (χ1n) is 6.13. The molecule has 2 atom stereocenters. The van der Waals surface area contributed by atoms with Crippen LogP contribution in [0.1, 0.15) is 51.4 Å². The third kappa shape index (κ3) is 2.20. The summed E-state index contributed by atoms with van der Waals surface area (Å²) in [5.74, 6) is 0.758. The van der Waals surface area contributed by atoms with Gasteiger partial charge in [0.1, 0.15) is 0 Å². The molecular weight excluding hydrogens is 172 g/mol. The largest absolute Gasteiger partial charge is 0.381 e. The lowest BCUT2D eigenvalue weighted by Gasteiger charge is -2.33. The first-order valence-corrected chi connectivity index (χ1v) is 6.13. The average Bonchev–Trinajstić information content (AvgIpc) is 2.30. The third-order valence-corrected chi connectivity index (χ3v) is 3.81. The van der Waals surface area contributed by atoms with Gasteiger partial charge in [0.25, 0.3) is 0 Å². The first kappa shape index (κ1) is 10.2. The van der Waals surface area contributed by atoms with E-state index >= 15 is 0 Å². The predicted molar refractivity (Wildman–Crippen MR) is 59.3 cm³/mol. The van der Waals surface area contributed by atoms with Crippen molar-refractivity contribution in [1.82, 2.24) is 0 Å². The van der Waals surface area contributed by atoms with Crippen LogP contribution in [0, 0.1) is 5.92 Å². The van der Waals surface area contributed by atoms with Crippen molar-refractivity contribution in [2.24, 2.45) is 5.92 Å². The van der Waals surface area contributed by atoms with Crippen LogP contribution in [0.4, 0.5) is 0 Å². The molecule has 1 heteroatoms. The predicted octanol–water partition coefficient (Wildman–Crippen LogP) is 3.69. The fraction of sp³-hybridized carbons (Fsp3) is 0.846. The van der Waals surface area contributed by atoms with Gasteiger partial charge in [-0.15, -0.1) is 0 Å². The zero-order valence-corrected chi connectivity index (χ0v) is 9.30. The molecule has 0 aromatic heterocycles. The molecule has 0 amide bonds. The maximum atomic E-state index is 5.62. The summed E-state index contributed by atoms with van der Waals surface area (Å²) < 4.78 is 5.62. The molecule has 1 fully saturated rings. The van der Waals surface area contributed by atoms with Gasteiger partial charge in [-0.1, -0.05) is 24.5 Å². The second kappa shape index (κ2) is 4.97. The van der Waals surface area contributed by atoms with Crippen LogP contribution in [0.5, 0.6) is 0 Å². The van der Waals surface area contributed by atoms with E-state index in [4.69, 9.17) is 4.74 Å². The highest BCUT2D eigenvalue weighted by atomic mass is 16.5. The quantitative estimate of drug-likeness (QED) is 0.609. The molecule has 2 aliphatic carbocycles. The van der Waals surface area contributed by atoms with Crippen LogP contribution in [0.15, 0.2) is 11.6 Å². The molecule has 0 bridgehead atoms. The molecule has 0 aromatic carbocycles. The number of methoxy groups -OCH3 is 1. The number of hydrogen-bond donors (Lipinski definition) is 0. The van der Waals surface area contributed by atoms with Crippen LogP contribution in [-0.4, -0.2) is 13.2 Å². The first-order chi connectivity index (χ1) is 6.92. The van der Waals surface area contributed by atoms with Crippen molar-refractivity contribution in [2.45, 2.75) is 57.5 Å². The van der Waals surface area contributed by atoms with Gasteiger partial charge in [0.15, 0.2) is 0 Å². The standard InChI is InChI=1S/C13H22O/c1-14-13-10-6-5-9-12(13)11-7-3-2-4-8-11/h7,12-13H,2-6,8-10H2,1H3. The summed E-state index contributed by atoms with van der Waals surface area (Å²) in [5, 5.41) is 0. The molecule has 0 spiro atoms. The second-order valence-electron chi connectivity index (χ2n) is 4.69. The normalized spacial score (nSPS) is 33.9. The third-order valence-electron chi connectivity index (χ3n) is 3.81. The zero-order chi connectivity index (χ0) is 9.80. The SMILES string of the molecule is COC1CCCCC1C1=CCCCC1. The van der Waals surface area contributed by atoms with E-state index in [-0.39, 0.29) is 0 Å². The number of hydrogen-bond acceptors (Lipinski definition) is 1. The van der Waals surface area contributed by atoms with Gasteiger partial charge < -0.3 is 4.74 Å². The van der Waals surface area contributed by atoms with Gasteiger partial charge in [0.05, 0.1) is 6.10 Å². The van der Waals surface area contributed by atoms with Gasteiger partial charge in [-0.25, -0.2) is 0 Å². The molecule has 2 aliphatic rings. The van der Waals surface area contributed by atoms with Crippen molar-refractivity contribution in [2.75, 3.05) is 7.11 Å². The minimum absolute atomic E-state index is 0.521. The van der Waals surface area contributed by atoms with E-state index in [2.05, 4.69) is 6.08 Å². The molecule has 2 rings (SSSR count). The molecule has 0 radical (unpaired) electrons.